The van der Waals surface area contributed by atoms with Crippen LogP contribution in [0.5, 0.6) is 0 Å². The summed E-state index contributed by atoms with van der Waals surface area (Å²) in [6, 6.07) is 0. The van der Waals surface area contributed by atoms with Crippen molar-refractivity contribution in [1.82, 2.24) is 5.32 Å². The minimum Gasteiger partial charge on any atom is -0.481 e. The maximum Gasteiger partial charge on any atom is 0.309 e. The first-order chi connectivity index (χ1) is 6.99. The highest BCUT2D eigenvalue weighted by atomic mass is 32.2. The fraction of sp³-hybridized carbons (Fsp3) is 0.889. The molecule has 0 amide bonds. The molecule has 1 fully saturated rings. The Labute approximate surface area is 89.8 Å². The lowest BCUT2D eigenvalue weighted by Gasteiger charge is -2.29. The average Bonchev–Trinajstić information content (AvgIpc) is 2.17. The molecule has 0 radical (unpaired) electrons. The van der Waals surface area contributed by atoms with Gasteiger partial charge in [-0.25, -0.2) is 8.42 Å². The van der Waals surface area contributed by atoms with Crippen molar-refractivity contribution >= 4 is 15.8 Å². The van der Waals surface area contributed by atoms with Gasteiger partial charge < -0.3 is 10.4 Å². The van der Waals surface area contributed by atoms with Crippen molar-refractivity contribution in [2.45, 2.75) is 31.6 Å². The summed E-state index contributed by atoms with van der Waals surface area (Å²) in [5, 5.41) is 10.8. The molecule has 0 aliphatic carbocycles. The Morgan fingerprint density at radius 1 is 1.53 bits per heavy atom. The fourth-order valence-corrected chi connectivity index (χ4v) is 3.85. The van der Waals surface area contributed by atoms with Gasteiger partial charge in [-0.3, -0.25) is 4.79 Å². The van der Waals surface area contributed by atoms with Crippen LogP contribution < -0.4 is 5.32 Å². The van der Waals surface area contributed by atoms with Gasteiger partial charge in [0.05, 0.1) is 11.7 Å². The van der Waals surface area contributed by atoms with E-state index in [0.717, 1.165) is 6.42 Å². The van der Waals surface area contributed by atoms with Crippen molar-refractivity contribution in [3.8, 4) is 0 Å². The van der Waals surface area contributed by atoms with Crippen LogP contribution in [0.3, 0.4) is 0 Å². The summed E-state index contributed by atoms with van der Waals surface area (Å²) in [5.74, 6) is -1.77. The Morgan fingerprint density at radius 2 is 2.20 bits per heavy atom. The molecule has 1 heterocycles. The molecule has 0 aromatic heterocycles. The molecule has 0 bridgehead atoms. The van der Waals surface area contributed by atoms with Crippen LogP contribution in [0.25, 0.3) is 0 Å². The molecule has 6 heteroatoms. The molecule has 2 atom stereocenters. The van der Waals surface area contributed by atoms with Gasteiger partial charge in [-0.1, -0.05) is 6.92 Å². The van der Waals surface area contributed by atoms with Crippen LogP contribution in [0.4, 0.5) is 0 Å². The third-order valence-electron chi connectivity index (χ3n) is 2.60. The van der Waals surface area contributed by atoms with Gasteiger partial charge in [0.2, 0.25) is 0 Å². The number of piperidine rings is 1. The smallest absolute Gasteiger partial charge is 0.309 e. The molecule has 0 aromatic rings. The van der Waals surface area contributed by atoms with Crippen LogP contribution in [0.15, 0.2) is 0 Å². The third-order valence-corrected chi connectivity index (χ3v) is 4.84. The van der Waals surface area contributed by atoms with Crippen molar-refractivity contribution in [3.63, 3.8) is 0 Å². The van der Waals surface area contributed by atoms with Crippen molar-refractivity contribution in [2.75, 3.05) is 12.3 Å². The van der Waals surface area contributed by atoms with Crippen molar-refractivity contribution in [3.05, 3.63) is 0 Å². The normalized spacial score (nSPS) is 27.5. The van der Waals surface area contributed by atoms with E-state index in [0.29, 0.717) is 19.4 Å². The molecule has 1 aliphatic rings. The molecule has 0 saturated carbocycles. The van der Waals surface area contributed by atoms with E-state index in [-0.39, 0.29) is 5.75 Å². The Kier molecular flexibility index (Phi) is 4.10. The summed E-state index contributed by atoms with van der Waals surface area (Å²) >= 11 is 0. The van der Waals surface area contributed by atoms with Crippen molar-refractivity contribution in [2.24, 2.45) is 5.92 Å². The molecule has 1 rings (SSSR count). The van der Waals surface area contributed by atoms with E-state index in [2.05, 4.69) is 5.32 Å². The molecule has 1 aliphatic heterocycles. The number of hydrogen-bond acceptors (Lipinski definition) is 4. The number of rotatable bonds is 4. The van der Waals surface area contributed by atoms with Crippen molar-refractivity contribution < 1.29 is 18.3 Å². The number of carboxylic acid groups (broad SMARTS) is 1. The number of hydrogen-bond donors (Lipinski definition) is 2. The second-order valence-electron chi connectivity index (χ2n) is 3.83. The zero-order valence-electron chi connectivity index (χ0n) is 8.77. The highest BCUT2D eigenvalue weighted by Crippen LogP contribution is 2.21. The molecule has 88 valence electrons. The van der Waals surface area contributed by atoms with Gasteiger partial charge in [-0.15, -0.1) is 0 Å². The van der Waals surface area contributed by atoms with E-state index in [1.807, 2.05) is 0 Å². The third kappa shape index (κ3) is 2.92. The zero-order valence-corrected chi connectivity index (χ0v) is 9.59. The second kappa shape index (κ2) is 4.94. The molecule has 2 unspecified atom stereocenters. The van der Waals surface area contributed by atoms with E-state index >= 15 is 0 Å². The highest BCUT2D eigenvalue weighted by molar-refractivity contribution is 7.92. The van der Waals surface area contributed by atoms with Gasteiger partial charge >= 0.3 is 5.97 Å². The Hall–Kier alpha value is -0.620. The van der Waals surface area contributed by atoms with Crippen LogP contribution in [0, 0.1) is 5.92 Å². The summed E-state index contributed by atoms with van der Waals surface area (Å²) in [6.07, 6.45) is 1.68. The zero-order chi connectivity index (χ0) is 11.5. The van der Waals surface area contributed by atoms with E-state index < -0.39 is 27.1 Å². The minimum atomic E-state index is -3.32. The first-order valence-corrected chi connectivity index (χ1v) is 6.88. The monoisotopic (exact) mass is 235 g/mol. The predicted octanol–water partition coefficient (Wildman–Crippen LogP) is 0.221. The SMILES string of the molecule is CCCS(=O)(=O)C1NCCCC1C(=O)O. The summed E-state index contributed by atoms with van der Waals surface area (Å²) in [7, 11) is -3.32. The standard InChI is InChI=1S/C9H17NO4S/c1-2-6-15(13,14)8-7(9(11)12)4-3-5-10-8/h7-8,10H,2-6H2,1H3,(H,11,12). The topological polar surface area (TPSA) is 83.5 Å². The van der Waals surface area contributed by atoms with E-state index in [4.69, 9.17) is 5.11 Å². The van der Waals surface area contributed by atoms with Gasteiger partial charge in [-0.2, -0.15) is 0 Å². The maximum atomic E-state index is 11.8. The highest BCUT2D eigenvalue weighted by Gasteiger charge is 2.38. The summed E-state index contributed by atoms with van der Waals surface area (Å²) < 4.78 is 23.5. The molecule has 15 heavy (non-hydrogen) atoms. The van der Waals surface area contributed by atoms with Gasteiger partial charge in [0, 0.05) is 0 Å². The fourth-order valence-electron chi connectivity index (χ4n) is 1.90. The second-order valence-corrected chi connectivity index (χ2v) is 6.07. The first-order valence-electron chi connectivity index (χ1n) is 5.17. The molecular weight excluding hydrogens is 218 g/mol. The predicted molar refractivity (Wildman–Crippen MR) is 56.2 cm³/mol. The van der Waals surface area contributed by atoms with Gasteiger partial charge in [0.1, 0.15) is 5.37 Å². The van der Waals surface area contributed by atoms with Crippen LogP contribution >= 0.6 is 0 Å². The van der Waals surface area contributed by atoms with Gasteiger partial charge in [0.15, 0.2) is 9.84 Å². The first kappa shape index (κ1) is 12.4. The van der Waals surface area contributed by atoms with Gasteiger partial charge in [0.25, 0.3) is 0 Å². The van der Waals surface area contributed by atoms with E-state index in [1.54, 1.807) is 6.92 Å². The lowest BCUT2D eigenvalue weighted by atomic mass is 10.00. The molecule has 5 nitrogen and oxygen atoms in total. The Morgan fingerprint density at radius 3 is 2.73 bits per heavy atom. The Balaban J connectivity index is 2.85. The van der Waals surface area contributed by atoms with Gasteiger partial charge in [-0.05, 0) is 25.8 Å². The van der Waals surface area contributed by atoms with Crippen LogP contribution in [0.1, 0.15) is 26.2 Å². The number of nitrogens with one attached hydrogen (secondary N) is 1. The quantitative estimate of drug-likeness (QED) is 0.728. The number of carbonyl (C=O) groups is 1. The molecule has 2 N–H and O–H groups in total. The Bertz CT molecular complexity index is 325. The summed E-state index contributed by atoms with van der Waals surface area (Å²) in [4.78, 5) is 10.9. The molecule has 0 spiro atoms. The number of sulfone groups is 1. The molecule has 0 aromatic carbocycles. The maximum absolute atomic E-state index is 11.8. The van der Waals surface area contributed by atoms with Crippen LogP contribution in [-0.2, 0) is 14.6 Å². The largest absolute Gasteiger partial charge is 0.481 e. The molecule has 1 saturated heterocycles. The van der Waals surface area contributed by atoms with Crippen molar-refractivity contribution in [1.29, 1.82) is 0 Å². The summed E-state index contributed by atoms with van der Waals surface area (Å²) in [5.41, 5.74) is 0. The van der Waals surface area contributed by atoms with E-state index in [9.17, 15) is 13.2 Å². The lowest BCUT2D eigenvalue weighted by Crippen LogP contribution is -2.50. The minimum absolute atomic E-state index is 0.0500. The number of carboxylic acids is 1. The lowest BCUT2D eigenvalue weighted by molar-refractivity contribution is -0.142. The average molecular weight is 235 g/mol. The van der Waals surface area contributed by atoms with E-state index in [1.165, 1.54) is 0 Å². The number of aliphatic carboxylic acids is 1. The van der Waals surface area contributed by atoms with Crippen LogP contribution in [-0.4, -0.2) is 37.2 Å². The summed E-state index contributed by atoms with van der Waals surface area (Å²) in [6.45, 7) is 2.35. The van der Waals surface area contributed by atoms with Crippen LogP contribution in [0.2, 0.25) is 0 Å². The molecular formula is C9H17NO4S.